The van der Waals surface area contributed by atoms with Crippen molar-refractivity contribution in [2.24, 2.45) is 0 Å². The van der Waals surface area contributed by atoms with E-state index < -0.39 is 0 Å². The standard InChI is InChI=1S/C15H19N3/c1-16-9-14-11-18(15(17-14)13-7-8-13)10-12-5-3-2-4-6-12/h2-6,11,13,16H,7-10H2,1H3. The molecular weight excluding hydrogens is 222 g/mol. The van der Waals surface area contributed by atoms with Gasteiger partial charge in [-0.3, -0.25) is 0 Å². The molecule has 0 aliphatic heterocycles. The summed E-state index contributed by atoms with van der Waals surface area (Å²) in [4.78, 5) is 4.76. The minimum absolute atomic E-state index is 0.694. The summed E-state index contributed by atoms with van der Waals surface area (Å²) in [5.41, 5.74) is 2.49. The van der Waals surface area contributed by atoms with Gasteiger partial charge < -0.3 is 9.88 Å². The Morgan fingerprint density at radius 1 is 1.28 bits per heavy atom. The second kappa shape index (κ2) is 4.94. The molecule has 1 aliphatic carbocycles. The molecule has 94 valence electrons. The number of benzene rings is 1. The second-order valence-corrected chi connectivity index (χ2v) is 5.01. The number of rotatable bonds is 5. The van der Waals surface area contributed by atoms with Crippen molar-refractivity contribution in [1.29, 1.82) is 0 Å². The van der Waals surface area contributed by atoms with Crippen LogP contribution in [0.4, 0.5) is 0 Å². The maximum atomic E-state index is 4.76. The fraction of sp³-hybridized carbons (Fsp3) is 0.400. The Hall–Kier alpha value is -1.61. The van der Waals surface area contributed by atoms with Gasteiger partial charge in [0.15, 0.2) is 0 Å². The highest BCUT2D eigenvalue weighted by atomic mass is 15.1. The van der Waals surface area contributed by atoms with Crippen LogP contribution < -0.4 is 5.32 Å². The first kappa shape index (κ1) is 11.5. The Morgan fingerprint density at radius 3 is 2.72 bits per heavy atom. The zero-order valence-corrected chi connectivity index (χ0v) is 10.8. The molecule has 1 aromatic carbocycles. The largest absolute Gasteiger partial charge is 0.330 e. The Morgan fingerprint density at radius 2 is 2.06 bits per heavy atom. The lowest BCUT2D eigenvalue weighted by atomic mass is 10.2. The number of imidazole rings is 1. The molecule has 0 radical (unpaired) electrons. The SMILES string of the molecule is CNCc1cn(Cc2ccccc2)c(C2CC2)n1. The van der Waals surface area contributed by atoms with Crippen LogP contribution in [0.5, 0.6) is 0 Å². The summed E-state index contributed by atoms with van der Waals surface area (Å²) >= 11 is 0. The highest BCUT2D eigenvalue weighted by Gasteiger charge is 2.28. The lowest BCUT2D eigenvalue weighted by Gasteiger charge is -2.06. The van der Waals surface area contributed by atoms with Crippen LogP contribution >= 0.6 is 0 Å². The van der Waals surface area contributed by atoms with Gasteiger partial charge in [0.1, 0.15) is 5.82 Å². The number of hydrogen-bond donors (Lipinski definition) is 1. The van der Waals surface area contributed by atoms with Crippen molar-refractivity contribution < 1.29 is 0 Å². The maximum Gasteiger partial charge on any atom is 0.112 e. The fourth-order valence-corrected chi connectivity index (χ4v) is 2.33. The number of nitrogens with one attached hydrogen (secondary N) is 1. The molecule has 0 saturated heterocycles. The molecule has 2 aromatic rings. The molecule has 3 nitrogen and oxygen atoms in total. The van der Waals surface area contributed by atoms with Crippen molar-refractivity contribution >= 4 is 0 Å². The molecule has 1 fully saturated rings. The predicted octanol–water partition coefficient (Wildman–Crippen LogP) is 2.53. The summed E-state index contributed by atoms with van der Waals surface area (Å²) in [5.74, 6) is 1.96. The molecule has 1 heterocycles. The van der Waals surface area contributed by atoms with E-state index in [9.17, 15) is 0 Å². The summed E-state index contributed by atoms with van der Waals surface area (Å²) in [5, 5.41) is 3.17. The van der Waals surface area contributed by atoms with Gasteiger partial charge in [-0.15, -0.1) is 0 Å². The monoisotopic (exact) mass is 241 g/mol. The number of hydrogen-bond acceptors (Lipinski definition) is 2. The molecule has 0 amide bonds. The summed E-state index contributed by atoms with van der Waals surface area (Å²) in [6.07, 6.45) is 4.78. The quantitative estimate of drug-likeness (QED) is 0.871. The average molecular weight is 241 g/mol. The van der Waals surface area contributed by atoms with Gasteiger partial charge in [-0.2, -0.15) is 0 Å². The van der Waals surface area contributed by atoms with Gasteiger partial charge in [0.25, 0.3) is 0 Å². The summed E-state index contributed by atoms with van der Waals surface area (Å²) in [6.45, 7) is 1.78. The van der Waals surface area contributed by atoms with Crippen LogP contribution in [-0.2, 0) is 13.1 Å². The molecular formula is C15H19N3. The Bertz CT molecular complexity index is 512. The Labute approximate surface area is 108 Å². The molecule has 1 aromatic heterocycles. The van der Waals surface area contributed by atoms with Crippen molar-refractivity contribution in [3.05, 3.63) is 53.6 Å². The second-order valence-electron chi connectivity index (χ2n) is 5.01. The molecule has 1 saturated carbocycles. The first-order valence-corrected chi connectivity index (χ1v) is 6.61. The van der Waals surface area contributed by atoms with Gasteiger partial charge >= 0.3 is 0 Å². The van der Waals surface area contributed by atoms with E-state index in [0.717, 1.165) is 18.8 Å². The van der Waals surface area contributed by atoms with E-state index in [1.165, 1.54) is 24.2 Å². The smallest absolute Gasteiger partial charge is 0.112 e. The topological polar surface area (TPSA) is 29.9 Å². The highest BCUT2D eigenvalue weighted by molar-refractivity contribution is 5.19. The van der Waals surface area contributed by atoms with Crippen molar-refractivity contribution in [1.82, 2.24) is 14.9 Å². The lowest BCUT2D eigenvalue weighted by molar-refractivity contribution is 0.726. The van der Waals surface area contributed by atoms with Gasteiger partial charge in [-0.1, -0.05) is 30.3 Å². The van der Waals surface area contributed by atoms with Crippen LogP contribution in [0.2, 0.25) is 0 Å². The Balaban J connectivity index is 1.85. The molecule has 0 spiro atoms. The van der Waals surface area contributed by atoms with Gasteiger partial charge in [-0.05, 0) is 25.5 Å². The lowest BCUT2D eigenvalue weighted by Crippen LogP contribution is -2.05. The van der Waals surface area contributed by atoms with Gasteiger partial charge in [0.05, 0.1) is 5.69 Å². The van der Waals surface area contributed by atoms with Gasteiger partial charge in [0, 0.05) is 25.2 Å². The number of aromatic nitrogens is 2. The average Bonchev–Trinajstić information content (AvgIpc) is 3.15. The van der Waals surface area contributed by atoms with Crippen LogP contribution in [0, 0.1) is 0 Å². The third-order valence-corrected chi connectivity index (χ3v) is 3.35. The molecule has 0 unspecified atom stereocenters. The van der Waals surface area contributed by atoms with E-state index in [1.807, 2.05) is 7.05 Å². The van der Waals surface area contributed by atoms with Crippen molar-refractivity contribution in [3.63, 3.8) is 0 Å². The third-order valence-electron chi connectivity index (χ3n) is 3.35. The van der Waals surface area contributed by atoms with Crippen LogP contribution in [0.1, 0.15) is 35.8 Å². The third kappa shape index (κ3) is 2.46. The van der Waals surface area contributed by atoms with E-state index in [4.69, 9.17) is 4.98 Å². The highest BCUT2D eigenvalue weighted by Crippen LogP contribution is 2.39. The normalized spacial score (nSPS) is 14.9. The van der Waals surface area contributed by atoms with E-state index >= 15 is 0 Å². The van der Waals surface area contributed by atoms with E-state index in [2.05, 4.69) is 46.4 Å². The van der Waals surface area contributed by atoms with E-state index in [0.29, 0.717) is 5.92 Å². The zero-order valence-electron chi connectivity index (χ0n) is 10.8. The molecule has 18 heavy (non-hydrogen) atoms. The predicted molar refractivity (Wildman–Crippen MR) is 72.5 cm³/mol. The van der Waals surface area contributed by atoms with Crippen molar-refractivity contribution in [3.8, 4) is 0 Å². The summed E-state index contributed by atoms with van der Waals surface area (Å²) < 4.78 is 2.32. The molecule has 3 heteroatoms. The Kier molecular flexibility index (Phi) is 3.15. The van der Waals surface area contributed by atoms with Crippen molar-refractivity contribution in [2.45, 2.75) is 31.8 Å². The maximum absolute atomic E-state index is 4.76. The summed E-state index contributed by atoms with van der Waals surface area (Å²) in [7, 11) is 1.97. The van der Waals surface area contributed by atoms with E-state index in [1.54, 1.807) is 0 Å². The molecule has 0 bridgehead atoms. The van der Waals surface area contributed by atoms with Gasteiger partial charge in [0.2, 0.25) is 0 Å². The van der Waals surface area contributed by atoms with E-state index in [-0.39, 0.29) is 0 Å². The molecule has 0 atom stereocenters. The first-order chi connectivity index (χ1) is 8.86. The van der Waals surface area contributed by atoms with Crippen LogP contribution in [-0.4, -0.2) is 16.6 Å². The first-order valence-electron chi connectivity index (χ1n) is 6.61. The molecule has 1 N–H and O–H groups in total. The number of nitrogens with zero attached hydrogens (tertiary/aromatic N) is 2. The zero-order chi connectivity index (χ0) is 12.4. The molecule has 3 rings (SSSR count). The van der Waals surface area contributed by atoms with Crippen LogP contribution in [0.25, 0.3) is 0 Å². The minimum Gasteiger partial charge on any atom is -0.330 e. The van der Waals surface area contributed by atoms with Gasteiger partial charge in [-0.25, -0.2) is 4.98 Å². The summed E-state index contributed by atoms with van der Waals surface area (Å²) in [6, 6.07) is 10.6. The minimum atomic E-state index is 0.694. The van der Waals surface area contributed by atoms with Crippen molar-refractivity contribution in [2.75, 3.05) is 7.05 Å². The van der Waals surface area contributed by atoms with Crippen LogP contribution in [0.15, 0.2) is 36.5 Å². The fourth-order valence-electron chi connectivity index (χ4n) is 2.33. The molecule has 1 aliphatic rings. The van der Waals surface area contributed by atoms with Crippen LogP contribution in [0.3, 0.4) is 0 Å².